The van der Waals surface area contributed by atoms with Gasteiger partial charge in [0.2, 0.25) is 0 Å². The molecule has 0 bridgehead atoms. The molecule has 0 spiro atoms. The van der Waals surface area contributed by atoms with Crippen molar-refractivity contribution in [1.82, 2.24) is 5.32 Å². The van der Waals surface area contributed by atoms with E-state index in [0.29, 0.717) is 5.02 Å². The Morgan fingerprint density at radius 3 is 2.36 bits per heavy atom. The summed E-state index contributed by atoms with van der Waals surface area (Å²) in [4.78, 5) is 34.8. The SMILES string of the molecule is CC(=O)OC(OC(=O)NC[C@H](CC(=O)O)c1ccc(Cl)cc1)C1CCCCC1. The fourth-order valence-corrected chi connectivity index (χ4v) is 3.52. The van der Waals surface area contributed by atoms with Crippen LogP contribution in [-0.4, -0.2) is 36.0 Å². The van der Waals surface area contributed by atoms with Crippen LogP contribution >= 0.6 is 11.6 Å². The summed E-state index contributed by atoms with van der Waals surface area (Å²) in [5.74, 6) is -1.94. The van der Waals surface area contributed by atoms with Gasteiger partial charge in [-0.1, -0.05) is 43.0 Å². The highest BCUT2D eigenvalue weighted by Gasteiger charge is 2.29. The predicted molar refractivity (Wildman–Crippen MR) is 103 cm³/mol. The molecule has 1 aliphatic rings. The van der Waals surface area contributed by atoms with Crippen LogP contribution in [-0.2, 0) is 19.1 Å². The number of halogens is 1. The predicted octanol–water partition coefficient (Wildman–Crippen LogP) is 4.09. The van der Waals surface area contributed by atoms with Gasteiger partial charge in [0.05, 0.1) is 6.42 Å². The quantitative estimate of drug-likeness (QED) is 0.493. The molecule has 2 rings (SSSR count). The lowest BCUT2D eigenvalue weighted by Crippen LogP contribution is -2.38. The first-order valence-electron chi connectivity index (χ1n) is 9.44. The van der Waals surface area contributed by atoms with Crippen LogP contribution in [0.2, 0.25) is 5.02 Å². The average molecular weight is 412 g/mol. The topological polar surface area (TPSA) is 102 Å². The zero-order valence-electron chi connectivity index (χ0n) is 15.9. The Morgan fingerprint density at radius 1 is 1.14 bits per heavy atom. The summed E-state index contributed by atoms with van der Waals surface area (Å²) >= 11 is 5.87. The molecule has 1 aliphatic carbocycles. The largest absolute Gasteiger partial charge is 0.481 e. The van der Waals surface area contributed by atoms with Gasteiger partial charge in [0.15, 0.2) is 0 Å². The normalized spacial score (nSPS) is 16.6. The summed E-state index contributed by atoms with van der Waals surface area (Å²) in [5, 5.41) is 12.3. The zero-order valence-corrected chi connectivity index (χ0v) is 16.6. The van der Waals surface area contributed by atoms with E-state index < -0.39 is 30.2 Å². The second kappa shape index (κ2) is 10.9. The zero-order chi connectivity index (χ0) is 20.5. The number of carboxylic acid groups (broad SMARTS) is 1. The summed E-state index contributed by atoms with van der Waals surface area (Å²) in [6.07, 6.45) is 2.98. The van der Waals surface area contributed by atoms with E-state index in [2.05, 4.69) is 5.32 Å². The maximum atomic E-state index is 12.3. The highest BCUT2D eigenvalue weighted by Crippen LogP contribution is 2.29. The van der Waals surface area contributed by atoms with Crippen molar-refractivity contribution in [2.75, 3.05) is 6.54 Å². The molecule has 0 aliphatic heterocycles. The minimum atomic E-state index is -0.977. The molecule has 1 amide bonds. The van der Waals surface area contributed by atoms with Gasteiger partial charge in [0.25, 0.3) is 6.29 Å². The Balaban J connectivity index is 1.96. The molecule has 2 N–H and O–H groups in total. The van der Waals surface area contributed by atoms with Gasteiger partial charge in [-0.2, -0.15) is 0 Å². The number of aliphatic carboxylic acids is 1. The third-order valence-corrected chi connectivity index (χ3v) is 5.05. The molecule has 0 aromatic heterocycles. The second-order valence-electron chi connectivity index (χ2n) is 7.01. The van der Waals surface area contributed by atoms with Gasteiger partial charge in [-0.25, -0.2) is 4.79 Å². The maximum absolute atomic E-state index is 12.3. The van der Waals surface area contributed by atoms with E-state index in [-0.39, 0.29) is 18.9 Å². The standard InChI is InChI=1S/C20H26ClNO6/c1-13(23)27-19(15-5-3-2-4-6-15)28-20(26)22-12-16(11-18(24)25)14-7-9-17(21)10-8-14/h7-10,15-16,19H,2-6,11-12H2,1H3,(H,22,26)(H,24,25)/t16-,19?/m0/s1. The first kappa shape index (κ1) is 22.0. The van der Waals surface area contributed by atoms with E-state index in [1.807, 2.05) is 0 Å². The van der Waals surface area contributed by atoms with E-state index in [1.54, 1.807) is 24.3 Å². The summed E-state index contributed by atoms with van der Waals surface area (Å²) in [6, 6.07) is 6.80. The van der Waals surface area contributed by atoms with Crippen LogP contribution in [0.4, 0.5) is 4.79 Å². The van der Waals surface area contributed by atoms with Crippen molar-refractivity contribution in [3.8, 4) is 0 Å². The number of rotatable bonds is 8. The molecule has 154 valence electrons. The number of nitrogens with one attached hydrogen (secondary N) is 1. The van der Waals surface area contributed by atoms with Crippen LogP contribution in [0.15, 0.2) is 24.3 Å². The lowest BCUT2D eigenvalue weighted by molar-refractivity contribution is -0.176. The van der Waals surface area contributed by atoms with Crippen molar-refractivity contribution in [3.05, 3.63) is 34.9 Å². The summed E-state index contributed by atoms with van der Waals surface area (Å²) in [7, 11) is 0. The molecule has 2 atom stereocenters. The molecule has 1 fully saturated rings. The Kier molecular flexibility index (Phi) is 8.57. The van der Waals surface area contributed by atoms with Crippen molar-refractivity contribution >= 4 is 29.6 Å². The summed E-state index contributed by atoms with van der Waals surface area (Å²) in [6.45, 7) is 1.35. The van der Waals surface area contributed by atoms with Gasteiger partial charge in [-0.15, -0.1) is 0 Å². The molecule has 1 aromatic carbocycles. The minimum absolute atomic E-state index is 0.0190. The van der Waals surface area contributed by atoms with Gasteiger partial charge < -0.3 is 19.9 Å². The van der Waals surface area contributed by atoms with Crippen molar-refractivity contribution < 1.29 is 29.0 Å². The fourth-order valence-electron chi connectivity index (χ4n) is 3.39. The molecule has 1 saturated carbocycles. The maximum Gasteiger partial charge on any atom is 0.410 e. The van der Waals surface area contributed by atoms with E-state index in [0.717, 1.165) is 37.7 Å². The Bertz CT molecular complexity index is 672. The highest BCUT2D eigenvalue weighted by atomic mass is 35.5. The molecule has 0 radical (unpaired) electrons. The summed E-state index contributed by atoms with van der Waals surface area (Å²) < 4.78 is 10.5. The van der Waals surface area contributed by atoms with Gasteiger partial charge >= 0.3 is 18.0 Å². The second-order valence-corrected chi connectivity index (χ2v) is 7.44. The highest BCUT2D eigenvalue weighted by molar-refractivity contribution is 6.30. The van der Waals surface area contributed by atoms with Crippen LogP contribution in [0.5, 0.6) is 0 Å². The van der Waals surface area contributed by atoms with Crippen molar-refractivity contribution in [2.45, 2.75) is 57.7 Å². The van der Waals surface area contributed by atoms with Crippen LogP contribution in [0, 0.1) is 5.92 Å². The first-order valence-corrected chi connectivity index (χ1v) is 9.82. The van der Waals surface area contributed by atoms with Crippen LogP contribution in [0.3, 0.4) is 0 Å². The number of carboxylic acids is 1. The molecule has 1 aromatic rings. The minimum Gasteiger partial charge on any atom is -0.481 e. The van der Waals surface area contributed by atoms with Crippen molar-refractivity contribution in [1.29, 1.82) is 0 Å². The van der Waals surface area contributed by atoms with E-state index in [4.69, 9.17) is 26.2 Å². The monoisotopic (exact) mass is 411 g/mol. The van der Waals surface area contributed by atoms with Gasteiger partial charge in [0.1, 0.15) is 0 Å². The lowest BCUT2D eigenvalue weighted by atomic mass is 9.89. The Morgan fingerprint density at radius 2 is 1.79 bits per heavy atom. The van der Waals surface area contributed by atoms with Gasteiger partial charge in [-0.05, 0) is 30.5 Å². The van der Waals surface area contributed by atoms with E-state index >= 15 is 0 Å². The number of hydrogen-bond acceptors (Lipinski definition) is 5. The number of amides is 1. The molecular weight excluding hydrogens is 386 g/mol. The van der Waals surface area contributed by atoms with E-state index in [1.165, 1.54) is 6.92 Å². The summed E-state index contributed by atoms with van der Waals surface area (Å²) in [5.41, 5.74) is 0.746. The van der Waals surface area contributed by atoms with Gasteiger partial charge in [-0.3, -0.25) is 9.59 Å². The number of alkyl carbamates (subject to hydrolysis) is 1. The van der Waals surface area contributed by atoms with E-state index in [9.17, 15) is 14.4 Å². The lowest BCUT2D eigenvalue weighted by Gasteiger charge is -2.29. The molecule has 8 heteroatoms. The third kappa shape index (κ3) is 7.38. The smallest absolute Gasteiger partial charge is 0.410 e. The molecular formula is C20H26ClNO6. The molecule has 0 heterocycles. The number of hydrogen-bond donors (Lipinski definition) is 2. The van der Waals surface area contributed by atoms with Crippen LogP contribution in [0.25, 0.3) is 0 Å². The fraction of sp³-hybridized carbons (Fsp3) is 0.550. The number of carbonyl (C=O) groups excluding carboxylic acids is 2. The van der Waals surface area contributed by atoms with Gasteiger partial charge in [0, 0.05) is 30.3 Å². The van der Waals surface area contributed by atoms with Crippen molar-refractivity contribution in [2.24, 2.45) is 5.92 Å². The first-order chi connectivity index (χ1) is 13.3. The van der Waals surface area contributed by atoms with Crippen LogP contribution < -0.4 is 5.32 Å². The van der Waals surface area contributed by atoms with Crippen LogP contribution in [0.1, 0.15) is 56.9 Å². The number of esters is 1. The molecule has 0 saturated heterocycles. The Labute approximate surface area is 169 Å². The number of ether oxygens (including phenoxy) is 2. The molecule has 1 unspecified atom stereocenters. The third-order valence-electron chi connectivity index (χ3n) is 4.80. The van der Waals surface area contributed by atoms with Crippen molar-refractivity contribution in [3.63, 3.8) is 0 Å². The Hall–Kier alpha value is -2.28. The average Bonchev–Trinajstić information content (AvgIpc) is 2.65. The molecule has 7 nitrogen and oxygen atoms in total. The molecule has 28 heavy (non-hydrogen) atoms. The number of carbonyl (C=O) groups is 3. The number of benzene rings is 1.